The van der Waals surface area contributed by atoms with Gasteiger partial charge in [-0.2, -0.15) is 5.10 Å². The van der Waals surface area contributed by atoms with Crippen LogP contribution in [0.4, 0.5) is 0 Å². The SMILES string of the molecule is CC(C)Cc1nn(C)c(=O)n1C1CC1. The van der Waals surface area contributed by atoms with Gasteiger partial charge in [-0.15, -0.1) is 0 Å². The molecule has 0 aromatic carbocycles. The zero-order chi connectivity index (χ0) is 10.3. The zero-order valence-electron chi connectivity index (χ0n) is 9.03. The van der Waals surface area contributed by atoms with E-state index in [1.54, 1.807) is 7.05 Å². The lowest BCUT2D eigenvalue weighted by molar-refractivity contribution is 0.572. The van der Waals surface area contributed by atoms with Gasteiger partial charge in [-0.05, 0) is 18.8 Å². The van der Waals surface area contributed by atoms with Crippen molar-refractivity contribution >= 4 is 0 Å². The van der Waals surface area contributed by atoms with Crippen LogP contribution in [0.1, 0.15) is 38.6 Å². The lowest BCUT2D eigenvalue weighted by Crippen LogP contribution is -2.23. The molecule has 4 heteroatoms. The fraction of sp³-hybridized carbons (Fsp3) is 0.800. The molecule has 4 nitrogen and oxygen atoms in total. The van der Waals surface area contributed by atoms with Crippen LogP contribution >= 0.6 is 0 Å². The molecular formula is C10H17N3O. The topological polar surface area (TPSA) is 39.8 Å². The van der Waals surface area contributed by atoms with Crippen LogP contribution < -0.4 is 5.69 Å². The number of hydrogen-bond acceptors (Lipinski definition) is 2. The molecule has 0 unspecified atom stereocenters. The van der Waals surface area contributed by atoms with Crippen molar-refractivity contribution in [2.45, 2.75) is 39.2 Å². The molecule has 0 atom stereocenters. The highest BCUT2D eigenvalue weighted by atomic mass is 16.2. The third-order valence-corrected chi connectivity index (χ3v) is 2.53. The molecule has 1 heterocycles. The summed E-state index contributed by atoms with van der Waals surface area (Å²) in [5.41, 5.74) is 0.0446. The molecule has 1 aliphatic rings. The van der Waals surface area contributed by atoms with Crippen LogP contribution in [-0.2, 0) is 13.5 Å². The smallest absolute Gasteiger partial charge is 0.276 e. The second kappa shape index (κ2) is 3.26. The van der Waals surface area contributed by atoms with Crippen molar-refractivity contribution in [1.82, 2.24) is 14.3 Å². The molecule has 0 amide bonds. The Morgan fingerprint density at radius 3 is 2.64 bits per heavy atom. The fourth-order valence-corrected chi connectivity index (χ4v) is 1.73. The minimum Gasteiger partial charge on any atom is -0.276 e. The van der Waals surface area contributed by atoms with Crippen LogP contribution in [0.3, 0.4) is 0 Å². The van der Waals surface area contributed by atoms with E-state index in [4.69, 9.17) is 0 Å². The van der Waals surface area contributed by atoms with E-state index in [0.717, 1.165) is 25.1 Å². The summed E-state index contributed by atoms with van der Waals surface area (Å²) < 4.78 is 3.33. The number of aromatic nitrogens is 3. The second-order valence-corrected chi connectivity index (χ2v) is 4.52. The number of aryl methyl sites for hydroxylation is 1. The maximum absolute atomic E-state index is 11.7. The second-order valence-electron chi connectivity index (χ2n) is 4.52. The zero-order valence-corrected chi connectivity index (χ0v) is 9.03. The van der Waals surface area contributed by atoms with Gasteiger partial charge in [0.2, 0.25) is 0 Å². The Morgan fingerprint density at radius 1 is 1.50 bits per heavy atom. The minimum absolute atomic E-state index is 0.0446. The molecule has 0 bridgehead atoms. The van der Waals surface area contributed by atoms with Gasteiger partial charge in [0.15, 0.2) is 0 Å². The Labute approximate surface area is 83.5 Å². The van der Waals surface area contributed by atoms with Crippen LogP contribution in [0.15, 0.2) is 4.79 Å². The minimum atomic E-state index is 0.0446. The first-order valence-electron chi connectivity index (χ1n) is 5.24. The van der Waals surface area contributed by atoms with Crippen molar-refractivity contribution in [2.24, 2.45) is 13.0 Å². The van der Waals surface area contributed by atoms with Crippen molar-refractivity contribution < 1.29 is 0 Å². The Kier molecular flexibility index (Phi) is 2.21. The van der Waals surface area contributed by atoms with Crippen molar-refractivity contribution in [3.63, 3.8) is 0 Å². The van der Waals surface area contributed by atoms with Gasteiger partial charge in [-0.3, -0.25) is 4.57 Å². The molecular weight excluding hydrogens is 178 g/mol. The number of rotatable bonds is 3. The molecule has 1 fully saturated rings. The highest BCUT2D eigenvalue weighted by Gasteiger charge is 2.29. The molecule has 1 aromatic rings. The molecule has 0 aliphatic heterocycles. The van der Waals surface area contributed by atoms with E-state index in [0.29, 0.717) is 12.0 Å². The number of hydrogen-bond donors (Lipinski definition) is 0. The maximum Gasteiger partial charge on any atom is 0.345 e. The Bertz CT molecular complexity index is 385. The Balaban J connectivity index is 2.37. The molecule has 78 valence electrons. The van der Waals surface area contributed by atoms with Gasteiger partial charge in [0.05, 0.1) is 0 Å². The van der Waals surface area contributed by atoms with Crippen molar-refractivity contribution in [3.8, 4) is 0 Å². The molecule has 14 heavy (non-hydrogen) atoms. The summed E-state index contributed by atoms with van der Waals surface area (Å²) in [5, 5.41) is 4.28. The summed E-state index contributed by atoms with van der Waals surface area (Å²) in [6.45, 7) is 4.30. The fourth-order valence-electron chi connectivity index (χ4n) is 1.73. The number of nitrogens with zero attached hydrogens (tertiary/aromatic N) is 3. The Morgan fingerprint density at radius 2 is 2.14 bits per heavy atom. The standard InChI is InChI=1S/C10H17N3O/c1-7(2)6-9-11-12(3)10(14)13(9)8-4-5-8/h7-8H,4-6H2,1-3H3. The van der Waals surface area contributed by atoms with E-state index in [9.17, 15) is 4.79 Å². The van der Waals surface area contributed by atoms with Crippen molar-refractivity contribution in [1.29, 1.82) is 0 Å². The van der Waals surface area contributed by atoms with E-state index >= 15 is 0 Å². The third-order valence-electron chi connectivity index (χ3n) is 2.53. The lowest BCUT2D eigenvalue weighted by Gasteiger charge is -2.05. The highest BCUT2D eigenvalue weighted by molar-refractivity contribution is 4.96. The first-order valence-corrected chi connectivity index (χ1v) is 5.24. The summed E-state index contributed by atoms with van der Waals surface area (Å²) >= 11 is 0. The van der Waals surface area contributed by atoms with E-state index in [2.05, 4.69) is 18.9 Å². The molecule has 1 aromatic heterocycles. The molecule has 0 radical (unpaired) electrons. The predicted molar refractivity (Wildman–Crippen MR) is 54.3 cm³/mol. The highest BCUT2D eigenvalue weighted by Crippen LogP contribution is 2.34. The van der Waals surface area contributed by atoms with Gasteiger partial charge in [-0.1, -0.05) is 13.8 Å². The molecule has 1 aliphatic carbocycles. The maximum atomic E-state index is 11.7. The van der Waals surface area contributed by atoms with Gasteiger partial charge in [-0.25, -0.2) is 9.48 Å². The largest absolute Gasteiger partial charge is 0.345 e. The van der Waals surface area contributed by atoms with Crippen LogP contribution in [0.5, 0.6) is 0 Å². The third kappa shape index (κ3) is 1.61. The molecule has 0 spiro atoms. The summed E-state index contributed by atoms with van der Waals surface area (Å²) in [7, 11) is 1.73. The first-order chi connectivity index (χ1) is 6.59. The van der Waals surface area contributed by atoms with Crippen molar-refractivity contribution in [3.05, 3.63) is 16.3 Å². The first kappa shape index (κ1) is 9.49. The normalized spacial score (nSPS) is 16.6. The molecule has 2 rings (SSSR count). The quantitative estimate of drug-likeness (QED) is 0.725. The summed E-state index contributed by atoms with van der Waals surface area (Å²) in [6.07, 6.45) is 3.17. The van der Waals surface area contributed by atoms with Crippen LogP contribution in [0.2, 0.25) is 0 Å². The summed E-state index contributed by atoms with van der Waals surface area (Å²) in [6, 6.07) is 0.435. The van der Waals surface area contributed by atoms with E-state index in [-0.39, 0.29) is 5.69 Å². The molecule has 0 N–H and O–H groups in total. The average molecular weight is 195 g/mol. The van der Waals surface area contributed by atoms with Crippen molar-refractivity contribution in [2.75, 3.05) is 0 Å². The average Bonchev–Trinajstić information content (AvgIpc) is 2.83. The van der Waals surface area contributed by atoms with Gasteiger partial charge in [0.25, 0.3) is 0 Å². The predicted octanol–water partition coefficient (Wildman–Crippen LogP) is 1.12. The van der Waals surface area contributed by atoms with Gasteiger partial charge in [0, 0.05) is 19.5 Å². The summed E-state index contributed by atoms with van der Waals surface area (Å²) in [4.78, 5) is 11.7. The van der Waals surface area contributed by atoms with E-state index in [1.807, 2.05) is 4.57 Å². The Hall–Kier alpha value is -1.06. The van der Waals surface area contributed by atoms with Crippen LogP contribution in [0, 0.1) is 5.92 Å². The molecule has 1 saturated carbocycles. The van der Waals surface area contributed by atoms with Gasteiger partial charge >= 0.3 is 5.69 Å². The van der Waals surface area contributed by atoms with E-state index in [1.165, 1.54) is 4.68 Å². The van der Waals surface area contributed by atoms with E-state index < -0.39 is 0 Å². The lowest BCUT2D eigenvalue weighted by atomic mass is 10.1. The monoisotopic (exact) mass is 195 g/mol. The van der Waals surface area contributed by atoms with Gasteiger partial charge in [0.1, 0.15) is 5.82 Å². The molecule has 0 saturated heterocycles. The summed E-state index contributed by atoms with van der Waals surface area (Å²) in [5.74, 6) is 1.50. The van der Waals surface area contributed by atoms with Crippen LogP contribution in [-0.4, -0.2) is 14.3 Å². The van der Waals surface area contributed by atoms with Crippen LogP contribution in [0.25, 0.3) is 0 Å². The van der Waals surface area contributed by atoms with Gasteiger partial charge < -0.3 is 0 Å².